The third-order valence-electron chi connectivity index (χ3n) is 2.70. The molecule has 1 atom stereocenters. The Morgan fingerprint density at radius 1 is 1.38 bits per heavy atom. The zero-order chi connectivity index (χ0) is 11.8. The minimum absolute atomic E-state index is 0.0219. The minimum Gasteiger partial charge on any atom is -0.271 e. The fourth-order valence-electron chi connectivity index (χ4n) is 1.88. The number of fused-ring (bicyclic) bond motifs is 1. The third kappa shape index (κ3) is 1.79. The highest BCUT2D eigenvalue weighted by Crippen LogP contribution is 2.33. The molecule has 0 bridgehead atoms. The van der Waals surface area contributed by atoms with Crippen molar-refractivity contribution in [1.29, 1.82) is 0 Å². The first-order valence-corrected chi connectivity index (χ1v) is 5.27. The molecule has 0 aliphatic carbocycles. The summed E-state index contributed by atoms with van der Waals surface area (Å²) >= 11 is 0. The summed E-state index contributed by atoms with van der Waals surface area (Å²) < 4.78 is 1.80. The van der Waals surface area contributed by atoms with Crippen molar-refractivity contribution in [1.82, 2.24) is 20.0 Å². The van der Waals surface area contributed by atoms with E-state index < -0.39 is 0 Å². The second-order valence-electron chi connectivity index (χ2n) is 4.97. The second kappa shape index (κ2) is 3.84. The van der Waals surface area contributed by atoms with Gasteiger partial charge in [0.05, 0.1) is 24.0 Å². The Kier molecular flexibility index (Phi) is 2.65. The van der Waals surface area contributed by atoms with Crippen LogP contribution >= 0.6 is 0 Å². The summed E-state index contributed by atoms with van der Waals surface area (Å²) in [6.45, 7) is 6.41. The molecule has 5 nitrogen and oxygen atoms in total. The number of aromatic nitrogens is 3. The van der Waals surface area contributed by atoms with E-state index in [1.54, 1.807) is 16.9 Å². The van der Waals surface area contributed by atoms with Gasteiger partial charge in [-0.1, -0.05) is 20.8 Å². The Morgan fingerprint density at radius 3 is 2.75 bits per heavy atom. The summed E-state index contributed by atoms with van der Waals surface area (Å²) in [6.07, 6.45) is 7.19. The van der Waals surface area contributed by atoms with Crippen LogP contribution in [0.25, 0.3) is 5.52 Å². The van der Waals surface area contributed by atoms with Gasteiger partial charge in [0.1, 0.15) is 0 Å². The standard InChI is InChI=1S/C11H17N5/c1-11(2,3)10(15-12)8-6-14-16-5-4-13-7-9(8)16/h4-7,10,15H,12H2,1-3H3. The van der Waals surface area contributed by atoms with Crippen LogP contribution in [0.1, 0.15) is 32.4 Å². The molecule has 1 unspecified atom stereocenters. The Balaban J connectivity index is 2.54. The molecule has 0 aliphatic rings. The maximum Gasteiger partial charge on any atom is 0.0893 e. The summed E-state index contributed by atoms with van der Waals surface area (Å²) in [5.41, 5.74) is 4.94. The number of nitrogens with two attached hydrogens (primary N) is 1. The molecule has 0 aliphatic heterocycles. The van der Waals surface area contributed by atoms with Crippen LogP contribution in [-0.4, -0.2) is 14.6 Å². The van der Waals surface area contributed by atoms with Crippen molar-refractivity contribution >= 4 is 5.52 Å². The summed E-state index contributed by atoms with van der Waals surface area (Å²) in [5, 5.41) is 4.28. The average Bonchev–Trinajstić information content (AvgIpc) is 2.61. The van der Waals surface area contributed by atoms with Crippen molar-refractivity contribution in [3.05, 3.63) is 30.4 Å². The van der Waals surface area contributed by atoms with Crippen LogP contribution in [0.15, 0.2) is 24.8 Å². The molecule has 0 radical (unpaired) electrons. The SMILES string of the molecule is CC(C)(C)C(NN)c1cnn2ccncc12. The van der Waals surface area contributed by atoms with E-state index in [1.165, 1.54) is 0 Å². The lowest BCUT2D eigenvalue weighted by atomic mass is 9.83. The van der Waals surface area contributed by atoms with Gasteiger partial charge in [0.2, 0.25) is 0 Å². The minimum atomic E-state index is 0.0219. The Morgan fingerprint density at radius 2 is 2.12 bits per heavy atom. The van der Waals surface area contributed by atoms with Gasteiger partial charge in [-0.25, -0.2) is 4.52 Å². The van der Waals surface area contributed by atoms with Crippen molar-refractivity contribution in [3.8, 4) is 0 Å². The van der Waals surface area contributed by atoms with E-state index in [0.29, 0.717) is 0 Å². The first-order chi connectivity index (χ1) is 7.54. The van der Waals surface area contributed by atoms with Gasteiger partial charge >= 0.3 is 0 Å². The Bertz CT molecular complexity index is 482. The molecule has 2 rings (SSSR count). The number of hydrogen-bond donors (Lipinski definition) is 2. The predicted octanol–water partition coefficient (Wildman–Crippen LogP) is 1.28. The van der Waals surface area contributed by atoms with Gasteiger partial charge in [-0.05, 0) is 5.41 Å². The summed E-state index contributed by atoms with van der Waals surface area (Å²) in [6, 6.07) is 0.0502. The number of hydrogen-bond acceptors (Lipinski definition) is 4. The Hall–Kier alpha value is -1.46. The smallest absolute Gasteiger partial charge is 0.0893 e. The summed E-state index contributed by atoms with van der Waals surface area (Å²) in [4.78, 5) is 4.12. The number of hydrazine groups is 1. The van der Waals surface area contributed by atoms with Crippen LogP contribution in [0.5, 0.6) is 0 Å². The van der Waals surface area contributed by atoms with Crippen molar-refractivity contribution < 1.29 is 0 Å². The fourth-order valence-corrected chi connectivity index (χ4v) is 1.88. The van der Waals surface area contributed by atoms with E-state index in [9.17, 15) is 0 Å². The molecule has 2 aromatic rings. The largest absolute Gasteiger partial charge is 0.271 e. The van der Waals surface area contributed by atoms with E-state index in [1.807, 2.05) is 12.4 Å². The van der Waals surface area contributed by atoms with Gasteiger partial charge in [-0.15, -0.1) is 0 Å². The molecule has 16 heavy (non-hydrogen) atoms. The van der Waals surface area contributed by atoms with Gasteiger partial charge in [-0.3, -0.25) is 16.3 Å². The Labute approximate surface area is 94.6 Å². The number of rotatable bonds is 2. The molecule has 0 fully saturated rings. The highest BCUT2D eigenvalue weighted by atomic mass is 15.3. The van der Waals surface area contributed by atoms with E-state index in [2.05, 4.69) is 36.3 Å². The molecule has 0 saturated heterocycles. The van der Waals surface area contributed by atoms with Crippen LogP contribution in [0.4, 0.5) is 0 Å². The van der Waals surface area contributed by atoms with Crippen molar-refractivity contribution in [2.45, 2.75) is 26.8 Å². The molecule has 0 saturated carbocycles. The average molecular weight is 219 g/mol. The molecular weight excluding hydrogens is 202 g/mol. The lowest BCUT2D eigenvalue weighted by Gasteiger charge is -2.29. The maximum absolute atomic E-state index is 5.63. The molecule has 0 amide bonds. The van der Waals surface area contributed by atoms with Gasteiger partial charge < -0.3 is 0 Å². The zero-order valence-corrected chi connectivity index (χ0v) is 9.81. The van der Waals surface area contributed by atoms with Crippen LogP contribution in [0.3, 0.4) is 0 Å². The quantitative estimate of drug-likeness (QED) is 0.589. The maximum atomic E-state index is 5.63. The normalized spacial score (nSPS) is 14.2. The third-order valence-corrected chi connectivity index (χ3v) is 2.70. The van der Waals surface area contributed by atoms with Gasteiger partial charge in [0.25, 0.3) is 0 Å². The molecule has 0 spiro atoms. The predicted molar refractivity (Wildman–Crippen MR) is 62.5 cm³/mol. The molecule has 2 aromatic heterocycles. The van der Waals surface area contributed by atoms with Crippen molar-refractivity contribution in [3.63, 3.8) is 0 Å². The van der Waals surface area contributed by atoms with E-state index in [4.69, 9.17) is 5.84 Å². The fraction of sp³-hybridized carbons (Fsp3) is 0.455. The van der Waals surface area contributed by atoms with Gasteiger partial charge in [0.15, 0.2) is 0 Å². The summed E-state index contributed by atoms with van der Waals surface area (Å²) in [7, 11) is 0. The van der Waals surface area contributed by atoms with Gasteiger partial charge in [-0.2, -0.15) is 5.10 Å². The lowest BCUT2D eigenvalue weighted by Crippen LogP contribution is -2.36. The lowest BCUT2D eigenvalue weighted by molar-refractivity contribution is 0.277. The highest BCUT2D eigenvalue weighted by molar-refractivity contribution is 5.53. The molecule has 3 N–H and O–H groups in total. The van der Waals surface area contributed by atoms with E-state index >= 15 is 0 Å². The number of nitrogens with one attached hydrogen (secondary N) is 1. The van der Waals surface area contributed by atoms with E-state index in [-0.39, 0.29) is 11.5 Å². The van der Waals surface area contributed by atoms with Crippen LogP contribution in [0.2, 0.25) is 0 Å². The first kappa shape index (κ1) is 11.0. The molecule has 5 heteroatoms. The molecule has 86 valence electrons. The highest BCUT2D eigenvalue weighted by Gasteiger charge is 2.27. The van der Waals surface area contributed by atoms with E-state index in [0.717, 1.165) is 11.1 Å². The summed E-state index contributed by atoms with van der Waals surface area (Å²) in [5.74, 6) is 5.63. The van der Waals surface area contributed by atoms with Gasteiger partial charge in [0, 0.05) is 18.0 Å². The topological polar surface area (TPSA) is 68.2 Å². The van der Waals surface area contributed by atoms with Crippen LogP contribution < -0.4 is 11.3 Å². The van der Waals surface area contributed by atoms with Crippen LogP contribution in [0, 0.1) is 5.41 Å². The first-order valence-electron chi connectivity index (χ1n) is 5.27. The van der Waals surface area contributed by atoms with Crippen molar-refractivity contribution in [2.24, 2.45) is 11.3 Å². The van der Waals surface area contributed by atoms with Crippen molar-refractivity contribution in [2.75, 3.05) is 0 Å². The zero-order valence-electron chi connectivity index (χ0n) is 9.81. The molecule has 2 heterocycles. The van der Waals surface area contributed by atoms with Crippen LogP contribution in [-0.2, 0) is 0 Å². The second-order valence-corrected chi connectivity index (χ2v) is 4.97. The molecular formula is C11H17N5. The number of nitrogens with zero attached hydrogens (tertiary/aromatic N) is 3. The monoisotopic (exact) mass is 219 g/mol. The molecule has 0 aromatic carbocycles.